The molecule has 0 spiro atoms. The van der Waals surface area contributed by atoms with Gasteiger partial charge in [-0.2, -0.15) is 0 Å². The van der Waals surface area contributed by atoms with E-state index in [1.54, 1.807) is 24.0 Å². The number of methoxy groups -OCH3 is 1. The van der Waals surface area contributed by atoms with E-state index in [4.69, 9.17) is 4.74 Å². The Labute approximate surface area is 123 Å². The summed E-state index contributed by atoms with van der Waals surface area (Å²) in [6.45, 7) is 1.56. The lowest BCUT2D eigenvalue weighted by Gasteiger charge is -2.45. The summed E-state index contributed by atoms with van der Waals surface area (Å²) < 4.78 is 5.29. The number of carbonyl (C=O) groups excluding carboxylic acids is 3. The quantitative estimate of drug-likeness (QED) is 0.719. The van der Waals surface area contributed by atoms with Gasteiger partial charge in [-0.1, -0.05) is 0 Å². The van der Waals surface area contributed by atoms with Gasteiger partial charge in [0, 0.05) is 40.2 Å². The fraction of sp³-hybridized carbons (Fsp3) is 0.786. The Bertz CT molecular complexity index is 483. The molecule has 1 N–H and O–H groups in total. The molecule has 0 bridgehead atoms. The zero-order valence-electron chi connectivity index (χ0n) is 12.4. The average molecular weight is 295 g/mol. The molecule has 7 heteroatoms. The van der Waals surface area contributed by atoms with Gasteiger partial charge in [0.25, 0.3) is 5.91 Å². The molecule has 2 heterocycles. The van der Waals surface area contributed by atoms with Crippen LogP contribution in [0.25, 0.3) is 0 Å². The van der Waals surface area contributed by atoms with Crippen molar-refractivity contribution in [2.45, 2.75) is 30.9 Å². The third kappa shape index (κ3) is 2.29. The number of nitrogens with zero attached hydrogens (tertiary/aromatic N) is 2. The molecule has 2 saturated heterocycles. The van der Waals surface area contributed by atoms with Crippen LogP contribution in [0.3, 0.4) is 0 Å². The molecular formula is C14H21N3O4. The minimum Gasteiger partial charge on any atom is -0.368 e. The van der Waals surface area contributed by atoms with Gasteiger partial charge in [0.2, 0.25) is 11.8 Å². The van der Waals surface area contributed by atoms with Crippen LogP contribution < -0.4 is 5.32 Å². The summed E-state index contributed by atoms with van der Waals surface area (Å²) in [5.41, 5.74) is -0.593. The van der Waals surface area contributed by atoms with E-state index >= 15 is 0 Å². The highest BCUT2D eigenvalue weighted by molar-refractivity contribution is 5.91. The van der Waals surface area contributed by atoms with Gasteiger partial charge in [0.1, 0.15) is 5.60 Å². The molecule has 116 valence electrons. The minimum atomic E-state index is -0.593. The van der Waals surface area contributed by atoms with Crippen LogP contribution >= 0.6 is 0 Å². The predicted octanol–water partition coefficient (Wildman–Crippen LogP) is -1.03. The number of likely N-dealkylation sites (tertiary alicyclic amines) is 2. The number of amides is 3. The normalized spacial score (nSPS) is 27.5. The molecule has 0 radical (unpaired) electrons. The van der Waals surface area contributed by atoms with E-state index in [-0.39, 0.29) is 36.1 Å². The molecule has 0 aromatic carbocycles. The van der Waals surface area contributed by atoms with E-state index in [1.165, 1.54) is 0 Å². The lowest BCUT2D eigenvalue weighted by Crippen LogP contribution is -2.63. The molecule has 3 rings (SSSR count). The maximum absolute atomic E-state index is 12.2. The van der Waals surface area contributed by atoms with Gasteiger partial charge in [0.15, 0.2) is 0 Å². The van der Waals surface area contributed by atoms with Crippen molar-refractivity contribution >= 4 is 17.7 Å². The van der Waals surface area contributed by atoms with Crippen molar-refractivity contribution in [3.63, 3.8) is 0 Å². The van der Waals surface area contributed by atoms with Gasteiger partial charge in [-0.05, 0) is 12.8 Å². The Hall–Kier alpha value is -1.63. The largest absolute Gasteiger partial charge is 0.368 e. The fourth-order valence-corrected chi connectivity index (χ4v) is 3.19. The van der Waals surface area contributed by atoms with Crippen molar-refractivity contribution < 1.29 is 19.1 Å². The van der Waals surface area contributed by atoms with Crippen molar-refractivity contribution in [2.75, 3.05) is 33.8 Å². The van der Waals surface area contributed by atoms with E-state index in [0.717, 1.165) is 12.8 Å². The Balaban J connectivity index is 1.53. The van der Waals surface area contributed by atoms with E-state index in [2.05, 4.69) is 5.32 Å². The SMILES string of the molecule is CNC(=O)C1CC(=O)N(C2CN(C(=O)C3(OC)CC3)C2)C1. The van der Waals surface area contributed by atoms with Gasteiger partial charge in [-0.3, -0.25) is 14.4 Å². The summed E-state index contributed by atoms with van der Waals surface area (Å²) in [7, 11) is 3.15. The first kappa shape index (κ1) is 14.3. The van der Waals surface area contributed by atoms with Crippen LogP contribution in [0.1, 0.15) is 19.3 Å². The van der Waals surface area contributed by atoms with Crippen LogP contribution in [0, 0.1) is 5.92 Å². The van der Waals surface area contributed by atoms with E-state index in [1.807, 2.05) is 0 Å². The van der Waals surface area contributed by atoms with Crippen LogP contribution in [0.15, 0.2) is 0 Å². The molecule has 1 saturated carbocycles. The summed E-state index contributed by atoms with van der Waals surface area (Å²) >= 11 is 0. The van der Waals surface area contributed by atoms with Crippen molar-refractivity contribution in [3.8, 4) is 0 Å². The lowest BCUT2D eigenvalue weighted by atomic mass is 10.1. The topological polar surface area (TPSA) is 79.0 Å². The molecule has 0 aromatic heterocycles. The number of nitrogens with one attached hydrogen (secondary N) is 1. The zero-order valence-corrected chi connectivity index (χ0v) is 12.4. The number of hydrogen-bond acceptors (Lipinski definition) is 4. The molecule has 1 aliphatic carbocycles. The molecule has 21 heavy (non-hydrogen) atoms. The van der Waals surface area contributed by atoms with Gasteiger partial charge in [-0.25, -0.2) is 0 Å². The average Bonchev–Trinajstić information content (AvgIpc) is 3.15. The van der Waals surface area contributed by atoms with Crippen molar-refractivity contribution in [1.82, 2.24) is 15.1 Å². The molecule has 1 atom stereocenters. The Kier molecular flexibility index (Phi) is 3.39. The predicted molar refractivity (Wildman–Crippen MR) is 73.2 cm³/mol. The first-order valence-corrected chi connectivity index (χ1v) is 7.36. The second-order valence-electron chi connectivity index (χ2n) is 6.12. The Morgan fingerprint density at radius 3 is 2.48 bits per heavy atom. The smallest absolute Gasteiger partial charge is 0.254 e. The zero-order chi connectivity index (χ0) is 15.2. The van der Waals surface area contributed by atoms with Crippen molar-refractivity contribution in [2.24, 2.45) is 5.92 Å². The van der Waals surface area contributed by atoms with Crippen molar-refractivity contribution in [3.05, 3.63) is 0 Å². The summed E-state index contributed by atoms with van der Waals surface area (Å²) in [6, 6.07) is 0.0452. The van der Waals surface area contributed by atoms with Crippen molar-refractivity contribution in [1.29, 1.82) is 0 Å². The maximum atomic E-state index is 12.2. The minimum absolute atomic E-state index is 0.00794. The third-order valence-corrected chi connectivity index (χ3v) is 4.85. The van der Waals surface area contributed by atoms with Crippen LogP contribution in [0.2, 0.25) is 0 Å². The van der Waals surface area contributed by atoms with Gasteiger partial charge < -0.3 is 19.9 Å². The summed E-state index contributed by atoms with van der Waals surface area (Å²) in [4.78, 5) is 39.3. The Morgan fingerprint density at radius 2 is 1.95 bits per heavy atom. The lowest BCUT2D eigenvalue weighted by molar-refractivity contribution is -0.154. The molecule has 3 amide bonds. The van der Waals surface area contributed by atoms with Crippen LogP contribution in [-0.2, 0) is 19.1 Å². The molecule has 7 nitrogen and oxygen atoms in total. The highest BCUT2D eigenvalue weighted by Crippen LogP contribution is 2.41. The highest BCUT2D eigenvalue weighted by Gasteiger charge is 2.55. The summed E-state index contributed by atoms with van der Waals surface area (Å²) in [5.74, 6) is -0.306. The highest BCUT2D eigenvalue weighted by atomic mass is 16.5. The first-order chi connectivity index (χ1) is 10.0. The summed E-state index contributed by atoms with van der Waals surface area (Å²) in [6.07, 6.45) is 1.84. The third-order valence-electron chi connectivity index (χ3n) is 4.85. The molecule has 0 aromatic rings. The number of ether oxygens (including phenoxy) is 1. The Morgan fingerprint density at radius 1 is 1.29 bits per heavy atom. The standard InChI is InChI=1S/C14H21N3O4/c1-15-12(19)9-5-11(18)17(6-9)10-7-16(8-10)13(20)14(21-2)3-4-14/h9-10H,3-8H2,1-2H3,(H,15,19). The summed E-state index contributed by atoms with van der Waals surface area (Å²) in [5, 5.41) is 2.59. The molecular weight excluding hydrogens is 274 g/mol. The number of hydrogen-bond donors (Lipinski definition) is 1. The molecule has 3 fully saturated rings. The van der Waals surface area contributed by atoms with Gasteiger partial charge >= 0.3 is 0 Å². The number of carbonyl (C=O) groups is 3. The molecule has 2 aliphatic heterocycles. The van der Waals surface area contributed by atoms with Gasteiger partial charge in [0.05, 0.1) is 12.0 Å². The molecule has 3 aliphatic rings. The van der Waals surface area contributed by atoms with Crippen LogP contribution in [-0.4, -0.2) is 73.0 Å². The van der Waals surface area contributed by atoms with Crippen LogP contribution in [0.4, 0.5) is 0 Å². The monoisotopic (exact) mass is 295 g/mol. The van der Waals surface area contributed by atoms with E-state index in [9.17, 15) is 14.4 Å². The van der Waals surface area contributed by atoms with E-state index in [0.29, 0.717) is 19.6 Å². The fourth-order valence-electron chi connectivity index (χ4n) is 3.19. The maximum Gasteiger partial charge on any atom is 0.254 e. The van der Waals surface area contributed by atoms with Crippen LogP contribution in [0.5, 0.6) is 0 Å². The first-order valence-electron chi connectivity index (χ1n) is 7.36. The number of rotatable bonds is 4. The molecule has 1 unspecified atom stereocenters. The van der Waals surface area contributed by atoms with E-state index < -0.39 is 5.60 Å². The van der Waals surface area contributed by atoms with Gasteiger partial charge in [-0.15, -0.1) is 0 Å². The second kappa shape index (κ2) is 4.98. The second-order valence-corrected chi connectivity index (χ2v) is 6.12.